The third-order valence-electron chi connectivity index (χ3n) is 5.89. The van der Waals surface area contributed by atoms with E-state index in [1.165, 1.54) is 5.69 Å². The normalized spacial score (nSPS) is 19.7. The first-order valence-corrected chi connectivity index (χ1v) is 11.3. The van der Waals surface area contributed by atoms with Crippen LogP contribution in [0.2, 0.25) is 0 Å². The maximum Gasteiger partial charge on any atom is 0.494 e. The Morgan fingerprint density at radius 1 is 1.09 bits per heavy atom. The van der Waals surface area contributed by atoms with E-state index in [1.54, 1.807) is 0 Å². The molecule has 10 heteroatoms. The number of piperidine rings is 1. The Bertz CT molecular complexity index is 691. The van der Waals surface area contributed by atoms with Crippen LogP contribution in [0.1, 0.15) is 54.4 Å². The SMILES string of the molecule is CC.CC1(C)OB(c2ccc(N3CCC(NC=O)CC3)cc2)OC1(C)C.COCC(F)(F)F. The first kappa shape index (κ1) is 29.3. The second kappa shape index (κ2) is 12.6. The van der Waals surface area contributed by atoms with Gasteiger partial charge in [-0.15, -0.1) is 0 Å². The van der Waals surface area contributed by atoms with Gasteiger partial charge in [-0.3, -0.25) is 4.79 Å². The Morgan fingerprint density at radius 3 is 1.94 bits per heavy atom. The van der Waals surface area contributed by atoms with Crippen molar-refractivity contribution in [2.45, 2.75) is 77.8 Å². The van der Waals surface area contributed by atoms with Crippen molar-refractivity contribution in [3.05, 3.63) is 24.3 Å². The van der Waals surface area contributed by atoms with Gasteiger partial charge in [0.15, 0.2) is 0 Å². The van der Waals surface area contributed by atoms with Crippen LogP contribution in [-0.2, 0) is 18.8 Å². The fraction of sp³-hybridized carbons (Fsp3) is 0.696. The van der Waals surface area contributed by atoms with Crippen LogP contribution in [0.3, 0.4) is 0 Å². The van der Waals surface area contributed by atoms with Crippen LogP contribution < -0.4 is 15.7 Å². The van der Waals surface area contributed by atoms with E-state index in [-0.39, 0.29) is 18.3 Å². The monoisotopic (exact) mass is 474 g/mol. The fourth-order valence-electron chi connectivity index (χ4n) is 3.39. The third kappa shape index (κ3) is 8.83. The molecule has 3 rings (SSSR count). The number of rotatable bonds is 5. The summed E-state index contributed by atoms with van der Waals surface area (Å²) in [6, 6.07) is 8.75. The molecule has 2 aliphatic rings. The van der Waals surface area contributed by atoms with Crippen LogP contribution >= 0.6 is 0 Å². The van der Waals surface area contributed by atoms with E-state index in [1.807, 2.05) is 13.8 Å². The lowest BCUT2D eigenvalue weighted by Gasteiger charge is -2.33. The molecule has 2 heterocycles. The Morgan fingerprint density at radius 2 is 1.58 bits per heavy atom. The molecule has 2 aliphatic heterocycles. The van der Waals surface area contributed by atoms with Gasteiger partial charge < -0.3 is 24.3 Å². The van der Waals surface area contributed by atoms with E-state index in [9.17, 15) is 18.0 Å². The van der Waals surface area contributed by atoms with E-state index in [0.29, 0.717) is 6.04 Å². The highest BCUT2D eigenvalue weighted by Gasteiger charge is 2.51. The molecule has 6 nitrogen and oxygen atoms in total. The molecule has 0 radical (unpaired) electrons. The molecule has 33 heavy (non-hydrogen) atoms. The Hall–Kier alpha value is -1.78. The summed E-state index contributed by atoms with van der Waals surface area (Å²) in [7, 11) is 0.694. The Kier molecular flexibility index (Phi) is 11.2. The summed E-state index contributed by atoms with van der Waals surface area (Å²) in [5, 5.41) is 2.88. The van der Waals surface area contributed by atoms with Crippen molar-refractivity contribution < 1.29 is 32.0 Å². The average molecular weight is 474 g/mol. The molecule has 2 fully saturated rings. The molecule has 188 valence electrons. The Labute approximate surface area is 196 Å². The highest BCUT2D eigenvalue weighted by molar-refractivity contribution is 6.62. The van der Waals surface area contributed by atoms with Crippen LogP contribution in [0.25, 0.3) is 0 Å². The van der Waals surface area contributed by atoms with Crippen LogP contribution in [0.15, 0.2) is 24.3 Å². The summed E-state index contributed by atoms with van der Waals surface area (Å²) in [6.45, 7) is 13.0. The van der Waals surface area contributed by atoms with Crippen molar-refractivity contribution in [2.75, 3.05) is 31.7 Å². The second-order valence-electron chi connectivity index (χ2n) is 8.77. The van der Waals surface area contributed by atoms with Crippen molar-refractivity contribution in [1.82, 2.24) is 5.32 Å². The molecule has 0 atom stereocenters. The van der Waals surface area contributed by atoms with Gasteiger partial charge in [-0.05, 0) is 58.1 Å². The van der Waals surface area contributed by atoms with E-state index in [0.717, 1.165) is 44.9 Å². The number of halogens is 3. The minimum Gasteiger partial charge on any atom is -0.399 e. The van der Waals surface area contributed by atoms with Crippen molar-refractivity contribution in [3.8, 4) is 0 Å². The van der Waals surface area contributed by atoms with Crippen molar-refractivity contribution in [1.29, 1.82) is 0 Å². The van der Waals surface area contributed by atoms with Gasteiger partial charge in [0.2, 0.25) is 6.41 Å². The lowest BCUT2D eigenvalue weighted by Crippen LogP contribution is -2.42. The summed E-state index contributed by atoms with van der Waals surface area (Å²) < 4.78 is 48.8. The first-order chi connectivity index (χ1) is 15.4. The number of amides is 1. The van der Waals surface area contributed by atoms with Crippen molar-refractivity contribution >= 4 is 24.7 Å². The number of nitrogens with zero attached hydrogens (tertiary/aromatic N) is 1. The number of hydrogen-bond acceptors (Lipinski definition) is 5. The topological polar surface area (TPSA) is 60.0 Å². The summed E-state index contributed by atoms with van der Waals surface area (Å²) in [4.78, 5) is 12.9. The van der Waals surface area contributed by atoms with E-state index >= 15 is 0 Å². The number of anilines is 1. The van der Waals surface area contributed by atoms with E-state index in [2.05, 4.69) is 66.9 Å². The zero-order valence-electron chi connectivity index (χ0n) is 20.8. The molecule has 0 bridgehead atoms. The third-order valence-corrected chi connectivity index (χ3v) is 5.89. The highest BCUT2D eigenvalue weighted by atomic mass is 19.4. The number of carbonyl (C=O) groups excluding carboxylic acids is 1. The summed E-state index contributed by atoms with van der Waals surface area (Å²) in [5.41, 5.74) is 1.63. The van der Waals surface area contributed by atoms with Gasteiger partial charge in [0, 0.05) is 31.9 Å². The Balaban J connectivity index is 0.000000520. The van der Waals surface area contributed by atoms with Gasteiger partial charge in [-0.25, -0.2) is 0 Å². The molecule has 0 saturated carbocycles. The lowest BCUT2D eigenvalue weighted by molar-refractivity contribution is -0.167. The molecular weight excluding hydrogens is 436 g/mol. The molecule has 0 unspecified atom stereocenters. The average Bonchev–Trinajstić information content (AvgIpc) is 2.97. The smallest absolute Gasteiger partial charge is 0.399 e. The minimum atomic E-state index is -4.17. The minimum absolute atomic E-state index is 0.308. The largest absolute Gasteiger partial charge is 0.494 e. The van der Waals surface area contributed by atoms with Gasteiger partial charge in [0.1, 0.15) is 6.61 Å². The first-order valence-electron chi connectivity index (χ1n) is 11.3. The van der Waals surface area contributed by atoms with Crippen LogP contribution in [0.4, 0.5) is 18.9 Å². The lowest BCUT2D eigenvalue weighted by atomic mass is 9.79. The number of benzene rings is 1. The van der Waals surface area contributed by atoms with Crippen molar-refractivity contribution in [3.63, 3.8) is 0 Å². The molecule has 1 aromatic carbocycles. The number of methoxy groups -OCH3 is 1. The van der Waals surface area contributed by atoms with Gasteiger partial charge >= 0.3 is 13.3 Å². The standard InChI is InChI=1S/C18H27BN2O3.C3H5F3O.C2H6/c1-17(2)18(3,4)24-19(23-17)14-5-7-16(8-6-14)21-11-9-15(10-12-21)20-13-22;1-7-2-3(4,5)6;1-2/h5-8,13,15H,9-12H2,1-4H3,(H,20,22);2H2,1H3;1-2H3. The second-order valence-corrected chi connectivity index (χ2v) is 8.77. The van der Waals surface area contributed by atoms with Gasteiger partial charge in [0.05, 0.1) is 11.2 Å². The molecule has 0 aromatic heterocycles. The van der Waals surface area contributed by atoms with Crippen molar-refractivity contribution in [2.24, 2.45) is 0 Å². The summed E-state index contributed by atoms with van der Waals surface area (Å²) >= 11 is 0. The maximum atomic E-state index is 10.9. The molecule has 1 amide bonds. The van der Waals surface area contributed by atoms with Gasteiger partial charge in [-0.1, -0.05) is 26.0 Å². The van der Waals surface area contributed by atoms with Crippen LogP contribution in [0, 0.1) is 0 Å². The summed E-state index contributed by atoms with van der Waals surface area (Å²) in [5.74, 6) is 0. The number of alkyl halides is 3. The quantitative estimate of drug-likeness (QED) is 0.518. The van der Waals surface area contributed by atoms with Gasteiger partial charge in [0.25, 0.3) is 0 Å². The number of carbonyl (C=O) groups is 1. The summed E-state index contributed by atoms with van der Waals surface area (Å²) in [6.07, 6.45) is -1.40. The molecule has 1 aromatic rings. The molecule has 0 spiro atoms. The molecular formula is C23H38BF3N2O4. The predicted octanol–water partition coefficient (Wildman–Crippen LogP) is 3.92. The predicted molar refractivity (Wildman–Crippen MR) is 126 cm³/mol. The fourth-order valence-corrected chi connectivity index (χ4v) is 3.39. The molecule has 1 N–H and O–H groups in total. The maximum absolute atomic E-state index is 10.9. The van der Waals surface area contributed by atoms with E-state index in [4.69, 9.17) is 9.31 Å². The molecule has 0 aliphatic carbocycles. The number of hydrogen-bond donors (Lipinski definition) is 1. The zero-order chi connectivity index (χ0) is 25.3. The number of ether oxygens (including phenoxy) is 1. The van der Waals surface area contributed by atoms with Gasteiger partial charge in [-0.2, -0.15) is 13.2 Å². The number of nitrogens with one attached hydrogen (secondary N) is 1. The van der Waals surface area contributed by atoms with Crippen LogP contribution in [0.5, 0.6) is 0 Å². The van der Waals surface area contributed by atoms with Crippen LogP contribution in [-0.4, -0.2) is 63.8 Å². The molecule has 2 saturated heterocycles. The highest BCUT2D eigenvalue weighted by Crippen LogP contribution is 2.36. The van der Waals surface area contributed by atoms with E-state index < -0.39 is 12.8 Å². The zero-order valence-corrected chi connectivity index (χ0v) is 20.8.